The second-order valence-corrected chi connectivity index (χ2v) is 5.87. The number of carbonyl (C=O) groups excluding carboxylic acids is 1. The second-order valence-electron chi connectivity index (χ2n) is 4.96. The number of ether oxygens (including phenoxy) is 3. The zero-order chi connectivity index (χ0) is 15.8. The third kappa shape index (κ3) is 2.73. The highest BCUT2D eigenvalue weighted by Gasteiger charge is 2.24. The maximum absolute atomic E-state index is 12.0. The summed E-state index contributed by atoms with van der Waals surface area (Å²) in [4.78, 5) is 16.3. The maximum Gasteiger partial charge on any atom is 0.363 e. The van der Waals surface area contributed by atoms with Crippen LogP contribution in [0.15, 0.2) is 57.6 Å². The van der Waals surface area contributed by atoms with Crippen LogP contribution in [0.3, 0.4) is 0 Å². The average molecular weight is 372 g/mol. The molecule has 2 aliphatic heterocycles. The molecule has 2 heterocycles. The van der Waals surface area contributed by atoms with E-state index in [0.717, 1.165) is 15.6 Å². The standard InChI is InChI=1S/C17H10BrNO4/c18-12-4-2-11(3-5-12)16-19-13(17(20)23-16)7-10-1-6-14-15(8-10)22-9-21-14/h1-8H,9H2/b13-7+. The van der Waals surface area contributed by atoms with Crippen molar-refractivity contribution in [1.82, 2.24) is 0 Å². The van der Waals surface area contributed by atoms with Crippen molar-refractivity contribution in [1.29, 1.82) is 0 Å². The molecule has 0 spiro atoms. The van der Waals surface area contributed by atoms with Gasteiger partial charge in [-0.3, -0.25) is 0 Å². The number of hydrogen-bond acceptors (Lipinski definition) is 5. The highest BCUT2D eigenvalue weighted by molar-refractivity contribution is 9.10. The molecule has 0 aliphatic carbocycles. The molecule has 0 radical (unpaired) electrons. The van der Waals surface area contributed by atoms with Gasteiger partial charge in [0.2, 0.25) is 12.7 Å². The van der Waals surface area contributed by atoms with E-state index in [-0.39, 0.29) is 12.5 Å². The summed E-state index contributed by atoms with van der Waals surface area (Å²) < 4.78 is 16.8. The molecular formula is C17H10BrNO4. The molecule has 2 aromatic carbocycles. The van der Waals surface area contributed by atoms with E-state index in [1.807, 2.05) is 30.3 Å². The van der Waals surface area contributed by atoms with Gasteiger partial charge in [-0.05, 0) is 48.0 Å². The van der Waals surface area contributed by atoms with Gasteiger partial charge in [0.1, 0.15) is 0 Å². The Balaban J connectivity index is 1.65. The summed E-state index contributed by atoms with van der Waals surface area (Å²) in [6.45, 7) is 0.212. The van der Waals surface area contributed by atoms with Gasteiger partial charge in [0.05, 0.1) is 0 Å². The molecule has 0 aromatic heterocycles. The smallest absolute Gasteiger partial charge is 0.363 e. The molecule has 0 N–H and O–H groups in total. The van der Waals surface area contributed by atoms with Crippen LogP contribution in [0.1, 0.15) is 11.1 Å². The van der Waals surface area contributed by atoms with Crippen LogP contribution in [0.2, 0.25) is 0 Å². The Kier molecular flexibility index (Phi) is 3.38. The lowest BCUT2D eigenvalue weighted by Crippen LogP contribution is -2.05. The van der Waals surface area contributed by atoms with E-state index >= 15 is 0 Å². The van der Waals surface area contributed by atoms with Crippen LogP contribution in [0.4, 0.5) is 0 Å². The zero-order valence-corrected chi connectivity index (χ0v) is 13.4. The number of halogens is 1. The van der Waals surface area contributed by atoms with Gasteiger partial charge in [-0.25, -0.2) is 9.79 Å². The fraction of sp³-hybridized carbons (Fsp3) is 0.0588. The van der Waals surface area contributed by atoms with Crippen LogP contribution in [-0.4, -0.2) is 18.7 Å². The summed E-state index contributed by atoms with van der Waals surface area (Å²) in [6, 6.07) is 12.8. The summed E-state index contributed by atoms with van der Waals surface area (Å²) in [7, 11) is 0. The number of hydrogen-bond donors (Lipinski definition) is 0. The van der Waals surface area contributed by atoms with Gasteiger partial charge in [0.15, 0.2) is 17.2 Å². The van der Waals surface area contributed by atoms with Gasteiger partial charge in [-0.15, -0.1) is 0 Å². The van der Waals surface area contributed by atoms with E-state index in [4.69, 9.17) is 14.2 Å². The summed E-state index contributed by atoms with van der Waals surface area (Å²) in [6.07, 6.45) is 1.66. The fourth-order valence-electron chi connectivity index (χ4n) is 2.29. The quantitative estimate of drug-likeness (QED) is 0.598. The Morgan fingerprint density at radius 3 is 2.65 bits per heavy atom. The van der Waals surface area contributed by atoms with Crippen molar-refractivity contribution in [2.75, 3.05) is 6.79 Å². The number of cyclic esters (lactones) is 1. The lowest BCUT2D eigenvalue weighted by molar-refractivity contribution is -0.129. The predicted molar refractivity (Wildman–Crippen MR) is 87.3 cm³/mol. The first kappa shape index (κ1) is 14.0. The lowest BCUT2D eigenvalue weighted by atomic mass is 10.1. The molecule has 6 heteroatoms. The zero-order valence-electron chi connectivity index (χ0n) is 11.8. The molecule has 0 atom stereocenters. The molecule has 4 rings (SSSR count). The van der Waals surface area contributed by atoms with Crippen molar-refractivity contribution >= 4 is 33.9 Å². The molecule has 2 aliphatic rings. The molecule has 0 bridgehead atoms. The average Bonchev–Trinajstić information content (AvgIpc) is 3.15. The van der Waals surface area contributed by atoms with E-state index in [9.17, 15) is 4.79 Å². The lowest BCUT2D eigenvalue weighted by Gasteiger charge is -1.98. The van der Waals surface area contributed by atoms with Crippen molar-refractivity contribution in [3.8, 4) is 11.5 Å². The molecule has 2 aromatic rings. The Hall–Kier alpha value is -2.60. The summed E-state index contributed by atoms with van der Waals surface area (Å²) in [5.74, 6) is 1.18. The molecule has 114 valence electrons. The first-order valence-electron chi connectivity index (χ1n) is 6.87. The van der Waals surface area contributed by atoms with E-state index in [1.54, 1.807) is 18.2 Å². The summed E-state index contributed by atoms with van der Waals surface area (Å²) in [5.41, 5.74) is 1.79. The normalized spacial score (nSPS) is 17.3. The van der Waals surface area contributed by atoms with Crippen LogP contribution in [0.5, 0.6) is 11.5 Å². The number of rotatable bonds is 2. The highest BCUT2D eigenvalue weighted by Crippen LogP contribution is 2.33. The first-order valence-corrected chi connectivity index (χ1v) is 7.66. The minimum Gasteiger partial charge on any atom is -0.454 e. The molecule has 5 nitrogen and oxygen atoms in total. The van der Waals surface area contributed by atoms with Crippen LogP contribution in [-0.2, 0) is 9.53 Å². The summed E-state index contributed by atoms with van der Waals surface area (Å²) in [5, 5.41) is 0. The van der Waals surface area contributed by atoms with Crippen molar-refractivity contribution in [2.45, 2.75) is 0 Å². The van der Waals surface area contributed by atoms with Crippen LogP contribution < -0.4 is 9.47 Å². The third-order valence-corrected chi connectivity index (χ3v) is 3.94. The molecule has 0 fully saturated rings. The largest absolute Gasteiger partial charge is 0.454 e. The topological polar surface area (TPSA) is 57.1 Å². The van der Waals surface area contributed by atoms with Crippen LogP contribution in [0, 0.1) is 0 Å². The van der Waals surface area contributed by atoms with Gasteiger partial charge >= 0.3 is 5.97 Å². The van der Waals surface area contributed by atoms with Crippen molar-refractivity contribution < 1.29 is 19.0 Å². The number of esters is 1. The van der Waals surface area contributed by atoms with E-state index in [0.29, 0.717) is 17.4 Å². The Labute approximate surface area is 140 Å². The second kappa shape index (κ2) is 5.55. The number of nitrogens with zero attached hydrogens (tertiary/aromatic N) is 1. The highest BCUT2D eigenvalue weighted by atomic mass is 79.9. The van der Waals surface area contributed by atoms with Gasteiger partial charge in [0, 0.05) is 10.0 Å². The number of benzene rings is 2. The van der Waals surface area contributed by atoms with Crippen LogP contribution in [0.25, 0.3) is 6.08 Å². The molecular weight excluding hydrogens is 362 g/mol. The molecule has 0 unspecified atom stereocenters. The van der Waals surface area contributed by atoms with Crippen molar-refractivity contribution in [3.05, 3.63) is 63.8 Å². The molecule has 0 saturated heterocycles. The van der Waals surface area contributed by atoms with E-state index < -0.39 is 5.97 Å². The van der Waals surface area contributed by atoms with Gasteiger partial charge < -0.3 is 14.2 Å². The number of aliphatic imine (C=N–C) groups is 1. The minimum absolute atomic E-state index is 0.212. The van der Waals surface area contributed by atoms with Crippen molar-refractivity contribution in [3.63, 3.8) is 0 Å². The Bertz CT molecular complexity index is 855. The Morgan fingerprint density at radius 2 is 1.83 bits per heavy atom. The van der Waals surface area contributed by atoms with Gasteiger partial charge in [0.25, 0.3) is 0 Å². The SMILES string of the molecule is O=C1OC(c2ccc(Br)cc2)=N/C1=C/c1ccc2c(c1)OCO2. The van der Waals surface area contributed by atoms with Gasteiger partial charge in [-0.2, -0.15) is 0 Å². The summed E-state index contributed by atoms with van der Waals surface area (Å²) >= 11 is 3.37. The maximum atomic E-state index is 12.0. The fourth-order valence-corrected chi connectivity index (χ4v) is 2.55. The molecule has 23 heavy (non-hydrogen) atoms. The van der Waals surface area contributed by atoms with E-state index in [2.05, 4.69) is 20.9 Å². The third-order valence-electron chi connectivity index (χ3n) is 3.41. The Morgan fingerprint density at radius 1 is 1.04 bits per heavy atom. The number of fused-ring (bicyclic) bond motifs is 1. The first-order chi connectivity index (χ1) is 11.2. The molecule has 0 saturated carbocycles. The minimum atomic E-state index is -0.472. The van der Waals surface area contributed by atoms with Crippen molar-refractivity contribution in [2.24, 2.45) is 4.99 Å². The van der Waals surface area contributed by atoms with Crippen LogP contribution >= 0.6 is 15.9 Å². The van der Waals surface area contributed by atoms with Gasteiger partial charge in [-0.1, -0.05) is 22.0 Å². The van der Waals surface area contributed by atoms with E-state index in [1.165, 1.54) is 0 Å². The monoisotopic (exact) mass is 371 g/mol. The molecule has 0 amide bonds. The predicted octanol–water partition coefficient (Wildman–Crippen LogP) is 3.52. The number of carbonyl (C=O) groups is 1.